The highest BCUT2D eigenvalue weighted by atomic mass is 32.2. The molecule has 0 bridgehead atoms. The lowest BCUT2D eigenvalue weighted by atomic mass is 9.91. The van der Waals surface area contributed by atoms with E-state index in [0.29, 0.717) is 11.7 Å². The second-order valence-electron chi connectivity index (χ2n) is 3.62. The van der Waals surface area contributed by atoms with Gasteiger partial charge in [-0.25, -0.2) is 8.42 Å². The van der Waals surface area contributed by atoms with E-state index in [-0.39, 0.29) is 5.75 Å². The molecule has 1 rings (SSSR count). The van der Waals surface area contributed by atoms with Crippen molar-refractivity contribution in [1.82, 2.24) is 0 Å². The second kappa shape index (κ2) is 4.26. The van der Waals surface area contributed by atoms with Crippen molar-refractivity contribution in [2.45, 2.75) is 32.1 Å². The third-order valence-electron chi connectivity index (χ3n) is 2.53. The largest absolute Gasteiger partial charge is 0.229 e. The minimum absolute atomic E-state index is 0.0590. The molecule has 0 atom stereocenters. The van der Waals surface area contributed by atoms with Crippen LogP contribution in [0.4, 0.5) is 0 Å². The zero-order valence-electron chi connectivity index (χ0n) is 7.46. The maximum atomic E-state index is 11.2. The number of hydrogen-bond acceptors (Lipinski definition) is 2. The van der Waals surface area contributed by atoms with Crippen LogP contribution in [0, 0.1) is 12.8 Å². The van der Waals surface area contributed by atoms with E-state index in [4.69, 9.17) is 0 Å². The summed E-state index contributed by atoms with van der Waals surface area (Å²) in [4.78, 5) is 0. The van der Waals surface area contributed by atoms with Crippen molar-refractivity contribution in [3.8, 4) is 0 Å². The summed E-state index contributed by atoms with van der Waals surface area (Å²) in [6.07, 6.45) is 5.88. The molecule has 0 aromatic heterocycles. The van der Waals surface area contributed by atoms with Crippen molar-refractivity contribution < 1.29 is 8.42 Å². The van der Waals surface area contributed by atoms with E-state index in [1.54, 1.807) is 0 Å². The normalized spacial score (nSPS) is 21.1. The maximum absolute atomic E-state index is 11.2. The van der Waals surface area contributed by atoms with Gasteiger partial charge in [0.25, 0.3) is 0 Å². The molecular formula is C9H17O2S. The van der Waals surface area contributed by atoms with Crippen LogP contribution in [0.5, 0.6) is 0 Å². The fourth-order valence-electron chi connectivity index (χ4n) is 1.80. The molecule has 3 heteroatoms. The van der Waals surface area contributed by atoms with Crippen LogP contribution in [0.15, 0.2) is 0 Å². The lowest BCUT2D eigenvalue weighted by Crippen LogP contribution is -2.19. The molecule has 12 heavy (non-hydrogen) atoms. The van der Waals surface area contributed by atoms with Crippen molar-refractivity contribution in [3.63, 3.8) is 0 Å². The molecule has 0 heterocycles. The monoisotopic (exact) mass is 189 g/mol. The Labute approximate surface area is 75.3 Å². The van der Waals surface area contributed by atoms with E-state index in [0.717, 1.165) is 12.8 Å². The van der Waals surface area contributed by atoms with Crippen LogP contribution in [0.25, 0.3) is 0 Å². The first-order chi connectivity index (χ1) is 5.64. The van der Waals surface area contributed by atoms with Gasteiger partial charge in [-0.3, -0.25) is 0 Å². The smallest absolute Gasteiger partial charge is 0.150 e. The average Bonchev–Trinajstić information content (AvgIpc) is 2.06. The average molecular weight is 189 g/mol. The van der Waals surface area contributed by atoms with E-state index in [2.05, 4.69) is 6.92 Å². The summed E-state index contributed by atoms with van der Waals surface area (Å²) in [6, 6.07) is 0. The van der Waals surface area contributed by atoms with Crippen LogP contribution < -0.4 is 0 Å². The van der Waals surface area contributed by atoms with E-state index in [1.165, 1.54) is 19.3 Å². The number of rotatable bonds is 3. The van der Waals surface area contributed by atoms with Gasteiger partial charge in [-0.05, 0) is 25.7 Å². The predicted octanol–water partition coefficient (Wildman–Crippen LogP) is 1.82. The van der Waals surface area contributed by atoms with Gasteiger partial charge in [0.1, 0.15) is 0 Å². The van der Waals surface area contributed by atoms with Crippen LogP contribution in [0.1, 0.15) is 32.1 Å². The Kier molecular flexibility index (Phi) is 3.56. The van der Waals surface area contributed by atoms with Crippen LogP contribution in [0.2, 0.25) is 0 Å². The van der Waals surface area contributed by atoms with E-state index < -0.39 is 9.84 Å². The van der Waals surface area contributed by atoms with Crippen LogP contribution in [0.3, 0.4) is 0 Å². The van der Waals surface area contributed by atoms with E-state index >= 15 is 0 Å². The Morgan fingerprint density at radius 3 is 2.25 bits per heavy atom. The molecular weight excluding hydrogens is 172 g/mol. The molecule has 2 nitrogen and oxygen atoms in total. The van der Waals surface area contributed by atoms with E-state index in [9.17, 15) is 8.42 Å². The molecule has 1 aliphatic rings. The Balaban J connectivity index is 2.39. The van der Waals surface area contributed by atoms with Gasteiger partial charge in [0.05, 0.1) is 11.5 Å². The van der Waals surface area contributed by atoms with Crippen molar-refractivity contribution in [2.75, 3.05) is 11.5 Å². The molecule has 0 aromatic rings. The van der Waals surface area contributed by atoms with Crippen molar-refractivity contribution in [1.29, 1.82) is 0 Å². The topological polar surface area (TPSA) is 34.1 Å². The maximum Gasteiger partial charge on any atom is 0.150 e. The van der Waals surface area contributed by atoms with Gasteiger partial charge in [0.15, 0.2) is 9.84 Å². The zero-order valence-corrected chi connectivity index (χ0v) is 8.28. The van der Waals surface area contributed by atoms with Crippen LogP contribution in [-0.4, -0.2) is 19.9 Å². The highest BCUT2D eigenvalue weighted by Crippen LogP contribution is 2.24. The number of sulfone groups is 1. The molecule has 0 aromatic carbocycles. The third-order valence-corrected chi connectivity index (χ3v) is 4.13. The molecule has 0 unspecified atom stereocenters. The zero-order chi connectivity index (χ0) is 9.03. The first kappa shape index (κ1) is 10.0. The van der Waals surface area contributed by atoms with Gasteiger partial charge in [0, 0.05) is 0 Å². The summed E-state index contributed by atoms with van der Waals surface area (Å²) < 4.78 is 22.4. The van der Waals surface area contributed by atoms with Crippen molar-refractivity contribution in [3.05, 3.63) is 6.92 Å². The first-order valence-electron chi connectivity index (χ1n) is 4.64. The summed E-state index contributed by atoms with van der Waals surface area (Å²) in [5.74, 6) is 0.852. The molecule has 1 fully saturated rings. The standard InChI is InChI=1S/C9H17O2S/c1-2-12(10,11)8-9-6-4-3-5-7-9/h9H,1-8H2. The van der Waals surface area contributed by atoms with Gasteiger partial charge < -0.3 is 0 Å². The van der Waals surface area contributed by atoms with E-state index in [1.807, 2.05) is 0 Å². The van der Waals surface area contributed by atoms with Crippen LogP contribution in [-0.2, 0) is 9.84 Å². The fraction of sp³-hybridized carbons (Fsp3) is 0.889. The van der Waals surface area contributed by atoms with Gasteiger partial charge in [-0.1, -0.05) is 19.3 Å². The third kappa shape index (κ3) is 3.13. The first-order valence-corrected chi connectivity index (χ1v) is 6.46. The molecule has 0 amide bonds. The van der Waals surface area contributed by atoms with Gasteiger partial charge >= 0.3 is 0 Å². The van der Waals surface area contributed by atoms with Gasteiger partial charge in [0.2, 0.25) is 0 Å². The lowest BCUT2D eigenvalue weighted by molar-refractivity contribution is 0.385. The Bertz CT molecular complexity index is 213. The summed E-state index contributed by atoms with van der Waals surface area (Å²) >= 11 is 0. The minimum atomic E-state index is -2.83. The molecule has 1 aliphatic carbocycles. The number of hydrogen-bond donors (Lipinski definition) is 0. The molecule has 0 spiro atoms. The quantitative estimate of drug-likeness (QED) is 0.678. The Hall–Kier alpha value is -0.0500. The van der Waals surface area contributed by atoms with Crippen molar-refractivity contribution in [2.24, 2.45) is 5.92 Å². The summed E-state index contributed by atoms with van der Waals surface area (Å²) in [5.41, 5.74) is 0. The fourth-order valence-corrected chi connectivity index (χ4v) is 3.01. The summed E-state index contributed by atoms with van der Waals surface area (Å²) in [6.45, 7) is 3.43. The van der Waals surface area contributed by atoms with Crippen LogP contribution >= 0.6 is 0 Å². The molecule has 0 aliphatic heterocycles. The molecule has 0 N–H and O–H groups in total. The molecule has 0 saturated heterocycles. The predicted molar refractivity (Wildman–Crippen MR) is 50.6 cm³/mol. The molecule has 71 valence electrons. The van der Waals surface area contributed by atoms with Gasteiger partial charge in [-0.2, -0.15) is 0 Å². The highest BCUT2D eigenvalue weighted by Gasteiger charge is 2.19. The highest BCUT2D eigenvalue weighted by molar-refractivity contribution is 7.91. The lowest BCUT2D eigenvalue weighted by Gasteiger charge is -2.20. The summed E-state index contributed by atoms with van der Waals surface area (Å²) in [5, 5.41) is 0. The Morgan fingerprint density at radius 2 is 1.75 bits per heavy atom. The van der Waals surface area contributed by atoms with Gasteiger partial charge in [-0.15, -0.1) is 0 Å². The molecule has 1 saturated carbocycles. The minimum Gasteiger partial charge on any atom is -0.229 e. The molecule has 1 radical (unpaired) electrons. The SMILES string of the molecule is [CH2]CS(=O)(=O)CC1CCCCC1. The Morgan fingerprint density at radius 1 is 1.17 bits per heavy atom. The van der Waals surface area contributed by atoms with Crippen molar-refractivity contribution >= 4 is 9.84 Å². The second-order valence-corrected chi connectivity index (χ2v) is 5.85. The summed E-state index contributed by atoms with van der Waals surface area (Å²) in [7, 11) is -2.83.